The summed E-state index contributed by atoms with van der Waals surface area (Å²) >= 11 is 0. The fraction of sp³-hybridized carbons (Fsp3) is 0.417. The first-order valence-corrected chi connectivity index (χ1v) is 8.78. The van der Waals surface area contributed by atoms with Crippen molar-refractivity contribution < 1.29 is 31.2 Å². The van der Waals surface area contributed by atoms with Crippen molar-refractivity contribution in [2.75, 3.05) is 0 Å². The fourth-order valence-corrected chi connectivity index (χ4v) is 3.77. The number of carbonyl (C=O) groups excluding carboxylic acids is 1. The highest BCUT2D eigenvalue weighted by Crippen LogP contribution is 2.20. The Labute approximate surface area is 113 Å². The third-order valence-electron chi connectivity index (χ3n) is 2.63. The van der Waals surface area contributed by atoms with Crippen molar-refractivity contribution >= 4 is 19.5 Å². The molecule has 0 unspecified atom stereocenters. The Kier molecular flexibility index (Phi) is 4.90. The SMILES string of the molecule is CCCC(=O)O[Si](C)(C)c1c(F)c(F)c(F)c(F)c1F. The van der Waals surface area contributed by atoms with Gasteiger partial charge in [-0.1, -0.05) is 6.92 Å². The summed E-state index contributed by atoms with van der Waals surface area (Å²) in [6.45, 7) is 4.08. The lowest BCUT2D eigenvalue weighted by Crippen LogP contribution is -2.51. The molecule has 0 aliphatic rings. The molecule has 0 aliphatic carbocycles. The molecule has 0 radical (unpaired) electrons. The van der Waals surface area contributed by atoms with Crippen LogP contribution in [0.2, 0.25) is 13.1 Å². The van der Waals surface area contributed by atoms with E-state index in [-0.39, 0.29) is 6.42 Å². The minimum Gasteiger partial charge on any atom is -0.515 e. The van der Waals surface area contributed by atoms with E-state index in [9.17, 15) is 26.7 Å². The van der Waals surface area contributed by atoms with Gasteiger partial charge in [0.1, 0.15) is 0 Å². The van der Waals surface area contributed by atoms with Gasteiger partial charge in [0.25, 0.3) is 14.3 Å². The van der Waals surface area contributed by atoms with E-state index in [4.69, 9.17) is 4.43 Å². The van der Waals surface area contributed by atoms with Crippen molar-refractivity contribution in [3.63, 3.8) is 0 Å². The largest absolute Gasteiger partial charge is 0.515 e. The minimum absolute atomic E-state index is 0.00578. The number of hydrogen-bond donors (Lipinski definition) is 0. The highest BCUT2D eigenvalue weighted by atomic mass is 28.4. The van der Waals surface area contributed by atoms with Gasteiger partial charge < -0.3 is 4.43 Å². The van der Waals surface area contributed by atoms with Gasteiger partial charge in [-0.25, -0.2) is 22.0 Å². The zero-order chi connectivity index (χ0) is 15.7. The summed E-state index contributed by atoms with van der Waals surface area (Å²) in [7, 11) is -3.60. The van der Waals surface area contributed by atoms with E-state index in [1.54, 1.807) is 6.92 Å². The summed E-state index contributed by atoms with van der Waals surface area (Å²) in [4.78, 5) is 11.4. The molecule has 112 valence electrons. The molecule has 1 aromatic carbocycles. The zero-order valence-electron chi connectivity index (χ0n) is 11.1. The maximum atomic E-state index is 13.7. The molecule has 2 nitrogen and oxygen atoms in total. The summed E-state index contributed by atoms with van der Waals surface area (Å²) < 4.78 is 71.5. The van der Waals surface area contributed by atoms with Gasteiger partial charge >= 0.3 is 0 Å². The van der Waals surface area contributed by atoms with E-state index >= 15 is 0 Å². The number of rotatable bonds is 4. The molecule has 8 heteroatoms. The number of benzene rings is 1. The average Bonchev–Trinajstić information content (AvgIpc) is 2.33. The molecule has 0 spiro atoms. The van der Waals surface area contributed by atoms with Crippen LogP contribution in [0.5, 0.6) is 0 Å². The second kappa shape index (κ2) is 5.90. The molecule has 0 aromatic heterocycles. The van der Waals surface area contributed by atoms with Crippen LogP contribution in [0, 0.1) is 29.1 Å². The van der Waals surface area contributed by atoms with Gasteiger partial charge in [-0.05, 0) is 19.5 Å². The molecule has 0 saturated heterocycles. The van der Waals surface area contributed by atoms with E-state index < -0.39 is 48.6 Å². The summed E-state index contributed by atoms with van der Waals surface area (Å²) in [6.07, 6.45) is 0.451. The van der Waals surface area contributed by atoms with Crippen molar-refractivity contribution in [3.8, 4) is 0 Å². The third-order valence-corrected chi connectivity index (χ3v) is 5.02. The Hall–Kier alpha value is -1.44. The van der Waals surface area contributed by atoms with Crippen LogP contribution in [0.25, 0.3) is 0 Å². The fourth-order valence-electron chi connectivity index (χ4n) is 1.72. The first-order chi connectivity index (χ1) is 9.13. The van der Waals surface area contributed by atoms with Gasteiger partial charge in [0, 0.05) is 6.42 Å². The smallest absolute Gasteiger partial charge is 0.292 e. The summed E-state index contributed by atoms with van der Waals surface area (Å²) in [6, 6.07) is 0. The molecule has 0 fully saturated rings. The predicted molar refractivity (Wildman–Crippen MR) is 64.3 cm³/mol. The van der Waals surface area contributed by atoms with Crippen molar-refractivity contribution in [3.05, 3.63) is 29.1 Å². The lowest BCUT2D eigenvalue weighted by molar-refractivity contribution is -0.135. The highest BCUT2D eigenvalue weighted by molar-refractivity contribution is 6.85. The molecular weight excluding hydrogens is 299 g/mol. The summed E-state index contributed by atoms with van der Waals surface area (Å²) in [5, 5.41) is -1.03. The maximum absolute atomic E-state index is 13.7. The molecule has 0 N–H and O–H groups in total. The zero-order valence-corrected chi connectivity index (χ0v) is 12.1. The molecule has 1 aromatic rings. The topological polar surface area (TPSA) is 26.3 Å². The van der Waals surface area contributed by atoms with Crippen molar-refractivity contribution in [2.24, 2.45) is 0 Å². The lowest BCUT2D eigenvalue weighted by atomic mass is 10.3. The van der Waals surface area contributed by atoms with E-state index in [2.05, 4.69) is 0 Å². The maximum Gasteiger partial charge on any atom is 0.292 e. The quantitative estimate of drug-likeness (QED) is 0.369. The van der Waals surface area contributed by atoms with Gasteiger partial charge in [-0.3, -0.25) is 4.79 Å². The van der Waals surface area contributed by atoms with Gasteiger partial charge in [0.05, 0.1) is 5.19 Å². The molecule has 0 aliphatic heterocycles. The van der Waals surface area contributed by atoms with Crippen LogP contribution in [0.4, 0.5) is 22.0 Å². The number of halogens is 5. The molecule has 0 bridgehead atoms. The van der Waals surface area contributed by atoms with E-state index in [1.807, 2.05) is 0 Å². The normalized spacial score (nSPS) is 11.6. The third kappa shape index (κ3) is 3.00. The van der Waals surface area contributed by atoms with Gasteiger partial charge in [-0.15, -0.1) is 0 Å². The van der Waals surface area contributed by atoms with Gasteiger partial charge in [0.2, 0.25) is 5.82 Å². The van der Waals surface area contributed by atoms with Gasteiger partial charge in [-0.2, -0.15) is 0 Å². The number of hydrogen-bond acceptors (Lipinski definition) is 2. The Bertz CT molecular complexity index is 516. The Morgan fingerprint density at radius 2 is 1.35 bits per heavy atom. The Balaban J connectivity index is 3.35. The van der Waals surface area contributed by atoms with E-state index in [0.717, 1.165) is 0 Å². The van der Waals surface area contributed by atoms with Crippen molar-refractivity contribution in [1.29, 1.82) is 0 Å². The molecule has 0 atom stereocenters. The van der Waals surface area contributed by atoms with Crippen LogP contribution in [-0.4, -0.2) is 14.3 Å². The monoisotopic (exact) mass is 312 g/mol. The Morgan fingerprint density at radius 3 is 1.75 bits per heavy atom. The van der Waals surface area contributed by atoms with Crippen LogP contribution in [-0.2, 0) is 9.22 Å². The van der Waals surface area contributed by atoms with Crippen LogP contribution >= 0.6 is 0 Å². The summed E-state index contributed by atoms with van der Waals surface area (Å²) in [5.41, 5.74) is 0. The molecule has 0 heterocycles. The second-order valence-electron chi connectivity index (χ2n) is 4.68. The van der Waals surface area contributed by atoms with Crippen LogP contribution in [0.3, 0.4) is 0 Å². The average molecular weight is 312 g/mol. The molecule has 0 saturated carbocycles. The van der Waals surface area contributed by atoms with Gasteiger partial charge in [0.15, 0.2) is 23.3 Å². The van der Waals surface area contributed by atoms with E-state index in [0.29, 0.717) is 6.42 Å². The summed E-state index contributed by atoms with van der Waals surface area (Å²) in [5.74, 6) is -10.9. The molecule has 1 rings (SSSR count). The molecule has 20 heavy (non-hydrogen) atoms. The van der Waals surface area contributed by atoms with Crippen molar-refractivity contribution in [2.45, 2.75) is 32.9 Å². The number of carbonyl (C=O) groups is 1. The highest BCUT2D eigenvalue weighted by Gasteiger charge is 2.40. The first-order valence-electron chi connectivity index (χ1n) is 5.87. The first kappa shape index (κ1) is 16.6. The minimum atomic E-state index is -3.60. The predicted octanol–water partition coefficient (Wildman–Crippen LogP) is 3.14. The lowest BCUT2D eigenvalue weighted by Gasteiger charge is -2.24. The van der Waals surface area contributed by atoms with Crippen LogP contribution in [0.15, 0.2) is 0 Å². The second-order valence-corrected chi connectivity index (χ2v) is 8.40. The standard InChI is InChI=1S/C12H13F5O2Si/c1-4-5-6(18)19-20(2,3)12-10(16)8(14)7(13)9(15)11(12)17/h4-5H2,1-3H3. The Morgan fingerprint density at radius 1 is 0.950 bits per heavy atom. The molecular formula is C12H13F5O2Si. The van der Waals surface area contributed by atoms with E-state index in [1.165, 1.54) is 13.1 Å². The van der Waals surface area contributed by atoms with Crippen LogP contribution in [0.1, 0.15) is 19.8 Å². The van der Waals surface area contributed by atoms with Crippen LogP contribution < -0.4 is 5.19 Å². The van der Waals surface area contributed by atoms with Crippen molar-refractivity contribution in [1.82, 2.24) is 0 Å². The molecule has 0 amide bonds.